The van der Waals surface area contributed by atoms with Crippen molar-refractivity contribution in [2.45, 2.75) is 6.42 Å². The first-order valence-electron chi connectivity index (χ1n) is 16.6. The van der Waals surface area contributed by atoms with Crippen LogP contribution in [0, 0.1) is 0 Å². The Morgan fingerprint density at radius 3 is 1.82 bits per heavy atom. The van der Waals surface area contributed by atoms with Crippen molar-refractivity contribution in [2.75, 3.05) is 6.54 Å². The molecule has 4 heterocycles. The average molecular weight is 634 g/mol. The Bertz CT molecular complexity index is 1890. The molecule has 0 saturated carbocycles. The zero-order valence-electron chi connectivity index (χ0n) is 27.5. The highest BCUT2D eigenvalue weighted by Crippen LogP contribution is 2.18. The molecule has 3 aliphatic rings. The molecule has 0 N–H and O–H groups in total. The summed E-state index contributed by atoms with van der Waals surface area (Å²) in [6.45, 7) is 1.01. The Morgan fingerprint density at radius 2 is 1.12 bits per heavy atom. The van der Waals surface area contributed by atoms with Crippen molar-refractivity contribution in [3.05, 3.63) is 224 Å². The maximum atomic E-state index is 4.18. The fourth-order valence-corrected chi connectivity index (χ4v) is 5.52. The number of pyridine rings is 2. The van der Waals surface area contributed by atoms with Gasteiger partial charge in [0, 0.05) is 42.4 Å². The lowest BCUT2D eigenvalue weighted by atomic mass is 10.1. The van der Waals surface area contributed by atoms with E-state index in [-0.39, 0.29) is 0 Å². The van der Waals surface area contributed by atoms with Crippen LogP contribution in [0.2, 0.25) is 0 Å². The zero-order valence-corrected chi connectivity index (χ0v) is 27.5. The minimum absolute atomic E-state index is 1.01. The summed E-state index contributed by atoms with van der Waals surface area (Å²) >= 11 is 0. The van der Waals surface area contributed by atoms with Crippen LogP contribution in [0.4, 0.5) is 0 Å². The first-order chi connectivity index (χ1) is 24.3. The van der Waals surface area contributed by atoms with Crippen LogP contribution in [0.3, 0.4) is 0 Å². The number of hydrogen-bond donors (Lipinski definition) is 0. The van der Waals surface area contributed by atoms with Gasteiger partial charge < -0.3 is 4.90 Å². The summed E-state index contributed by atoms with van der Waals surface area (Å²) < 4.78 is 0. The third-order valence-electron chi connectivity index (χ3n) is 8.09. The highest BCUT2D eigenvalue weighted by molar-refractivity contribution is 5.82. The van der Waals surface area contributed by atoms with Gasteiger partial charge in [0.2, 0.25) is 0 Å². The third kappa shape index (κ3) is 9.60. The summed E-state index contributed by atoms with van der Waals surface area (Å²) in [5, 5.41) is 6.27. The highest BCUT2D eigenvalue weighted by atomic mass is 15.1. The molecule has 7 aromatic rings. The van der Waals surface area contributed by atoms with Crippen LogP contribution in [-0.4, -0.2) is 21.4 Å². The molecule has 3 nitrogen and oxygen atoms in total. The summed E-state index contributed by atoms with van der Waals surface area (Å²) in [6.07, 6.45) is 25.7. The Morgan fingerprint density at radius 1 is 0.490 bits per heavy atom. The number of para-hydroxylation sites is 1. The first kappa shape index (κ1) is 32.6. The van der Waals surface area contributed by atoms with Crippen molar-refractivity contribution in [1.82, 2.24) is 14.9 Å². The second-order valence-electron chi connectivity index (χ2n) is 11.4. The number of nitrogens with zero attached hydrogens (tertiary/aromatic N) is 3. The van der Waals surface area contributed by atoms with Crippen molar-refractivity contribution in [1.29, 1.82) is 0 Å². The van der Waals surface area contributed by atoms with Crippen LogP contribution in [-0.2, 0) is 6.42 Å². The molecule has 3 heteroatoms. The average Bonchev–Trinajstić information content (AvgIpc) is 3.69. The predicted molar refractivity (Wildman–Crippen MR) is 209 cm³/mol. The van der Waals surface area contributed by atoms with Gasteiger partial charge in [0.25, 0.3) is 0 Å². The van der Waals surface area contributed by atoms with Gasteiger partial charge in [-0.05, 0) is 75.5 Å². The molecule has 0 radical (unpaired) electrons. The fourth-order valence-electron chi connectivity index (χ4n) is 5.52. The molecule has 0 atom stereocenters. The SMILES string of the molecule is C1=CCN2C=CC=CC2=C1.C1=Cc2ccccc2C1.c1ccc2ccccc2c1.c1ccc2cnccc2c1.c1ccc2ncccc2c1. The van der Waals surface area contributed by atoms with Gasteiger partial charge in [-0.15, -0.1) is 0 Å². The molecule has 2 aromatic heterocycles. The lowest BCUT2D eigenvalue weighted by Gasteiger charge is -2.23. The number of benzene rings is 5. The highest BCUT2D eigenvalue weighted by Gasteiger charge is 2.05. The maximum Gasteiger partial charge on any atom is 0.0701 e. The van der Waals surface area contributed by atoms with Crippen LogP contribution in [0.25, 0.3) is 38.5 Å². The van der Waals surface area contributed by atoms with Crippen LogP contribution < -0.4 is 0 Å². The van der Waals surface area contributed by atoms with Gasteiger partial charge in [-0.2, -0.15) is 0 Å². The molecule has 2 aliphatic heterocycles. The molecule has 0 saturated heterocycles. The maximum absolute atomic E-state index is 4.18. The van der Waals surface area contributed by atoms with Gasteiger partial charge in [0.1, 0.15) is 0 Å². The number of rotatable bonds is 0. The molecule has 0 fully saturated rings. The molecular formula is C46H39N3. The van der Waals surface area contributed by atoms with Gasteiger partial charge in [-0.1, -0.05) is 152 Å². The van der Waals surface area contributed by atoms with E-state index in [1.165, 1.54) is 43.8 Å². The smallest absolute Gasteiger partial charge is 0.0701 e. The van der Waals surface area contributed by atoms with E-state index in [4.69, 9.17) is 0 Å². The summed E-state index contributed by atoms with van der Waals surface area (Å²) in [5.74, 6) is 0. The molecule has 1 aliphatic carbocycles. The lowest BCUT2D eigenvalue weighted by molar-refractivity contribution is 0.523. The van der Waals surface area contributed by atoms with Gasteiger partial charge in [0.05, 0.1) is 5.52 Å². The normalized spacial score (nSPS) is 12.9. The second-order valence-corrected chi connectivity index (χ2v) is 11.4. The Labute approximate surface area is 289 Å². The molecule has 0 unspecified atom stereocenters. The molecule has 0 bridgehead atoms. The van der Waals surface area contributed by atoms with Gasteiger partial charge in [-0.25, -0.2) is 0 Å². The molecule has 238 valence electrons. The van der Waals surface area contributed by atoms with E-state index in [1.807, 2.05) is 61.1 Å². The molecular weight excluding hydrogens is 595 g/mol. The second kappa shape index (κ2) is 17.6. The van der Waals surface area contributed by atoms with Crippen LogP contribution >= 0.6 is 0 Å². The monoisotopic (exact) mass is 633 g/mol. The molecule has 0 spiro atoms. The molecule has 10 rings (SSSR count). The minimum Gasteiger partial charge on any atom is -0.344 e. The molecule has 0 amide bonds. The first-order valence-corrected chi connectivity index (χ1v) is 16.6. The zero-order chi connectivity index (χ0) is 33.4. The fraction of sp³-hybridized carbons (Fsp3) is 0.0435. The number of fused-ring (bicyclic) bond motifs is 5. The van der Waals surface area contributed by atoms with E-state index in [1.54, 1.807) is 0 Å². The van der Waals surface area contributed by atoms with Crippen LogP contribution in [0.1, 0.15) is 11.1 Å². The summed E-state index contributed by atoms with van der Waals surface area (Å²) in [6, 6.07) is 47.5. The van der Waals surface area contributed by atoms with Crippen molar-refractivity contribution < 1.29 is 0 Å². The quantitative estimate of drug-likeness (QED) is 0.166. The predicted octanol–water partition coefficient (Wildman–Crippen LogP) is 11.4. The Balaban J connectivity index is 0.000000106. The van der Waals surface area contributed by atoms with E-state index in [0.29, 0.717) is 0 Å². The minimum atomic E-state index is 1.01. The van der Waals surface area contributed by atoms with Crippen LogP contribution in [0.5, 0.6) is 0 Å². The van der Waals surface area contributed by atoms with E-state index in [9.17, 15) is 0 Å². The van der Waals surface area contributed by atoms with Crippen molar-refractivity contribution in [3.63, 3.8) is 0 Å². The molecule has 49 heavy (non-hydrogen) atoms. The van der Waals surface area contributed by atoms with Crippen LogP contribution in [0.15, 0.2) is 213 Å². The standard InChI is InChI=1S/C10H8.C9H9N.2C9H7N.C9H8/c1-2-6-10-8-4-3-7-9(10)5-1;1-3-7-10-8-4-2-6-9(10)5-1;1-2-6-9-8(4-1)5-3-7-10-9;1-2-4-9-7-10-6-5-8(9)3-1;1-2-5-9-7-3-6-8(9)4-1/h1-8H;1-7H,8H2;2*1-7H;1-6H,7H2. The summed E-state index contributed by atoms with van der Waals surface area (Å²) in [5.41, 5.74) is 5.19. The molecule has 5 aromatic carbocycles. The number of hydrogen-bond acceptors (Lipinski definition) is 3. The van der Waals surface area contributed by atoms with Gasteiger partial charge >= 0.3 is 0 Å². The van der Waals surface area contributed by atoms with Crippen molar-refractivity contribution in [2.24, 2.45) is 0 Å². The van der Waals surface area contributed by atoms with Gasteiger partial charge in [-0.3, -0.25) is 9.97 Å². The summed E-state index contributed by atoms with van der Waals surface area (Å²) in [7, 11) is 0. The van der Waals surface area contributed by atoms with Crippen molar-refractivity contribution >= 4 is 38.5 Å². The van der Waals surface area contributed by atoms with E-state index < -0.39 is 0 Å². The lowest BCUT2D eigenvalue weighted by Crippen LogP contribution is -2.18. The van der Waals surface area contributed by atoms with E-state index in [2.05, 4.69) is 167 Å². The number of aromatic nitrogens is 2. The van der Waals surface area contributed by atoms with E-state index >= 15 is 0 Å². The largest absolute Gasteiger partial charge is 0.344 e. The topological polar surface area (TPSA) is 29.0 Å². The van der Waals surface area contributed by atoms with Gasteiger partial charge in [0.15, 0.2) is 0 Å². The third-order valence-corrected chi connectivity index (χ3v) is 8.09. The van der Waals surface area contributed by atoms with Crippen molar-refractivity contribution in [3.8, 4) is 0 Å². The van der Waals surface area contributed by atoms with E-state index in [0.717, 1.165) is 18.5 Å². The Hall–Kier alpha value is -6.32. The summed E-state index contributed by atoms with van der Waals surface area (Å²) in [4.78, 5) is 10.4. The number of allylic oxidation sites excluding steroid dienone is 6. The Kier molecular flexibility index (Phi) is 11.7.